The zero-order valence-electron chi connectivity index (χ0n) is 20.3. The third kappa shape index (κ3) is 6.40. The van der Waals surface area contributed by atoms with Crippen molar-refractivity contribution in [2.75, 3.05) is 24.6 Å². The minimum absolute atomic E-state index is 0.156. The van der Waals surface area contributed by atoms with E-state index < -0.39 is 6.04 Å². The molecule has 188 valence electrons. The third-order valence-corrected chi connectivity index (χ3v) is 6.93. The fourth-order valence-electron chi connectivity index (χ4n) is 4.58. The molecule has 1 aliphatic heterocycles. The molecular weight excluding hydrogens is 495 g/mol. The summed E-state index contributed by atoms with van der Waals surface area (Å²) in [7, 11) is 0. The van der Waals surface area contributed by atoms with Gasteiger partial charge < -0.3 is 15.0 Å². The van der Waals surface area contributed by atoms with Crippen molar-refractivity contribution in [2.24, 2.45) is 0 Å². The predicted molar refractivity (Wildman–Crippen MR) is 145 cm³/mol. The first-order valence-electron chi connectivity index (χ1n) is 12.3. The number of benzene rings is 3. The highest BCUT2D eigenvalue weighted by Crippen LogP contribution is 2.36. The molecule has 3 aromatic rings. The van der Waals surface area contributed by atoms with E-state index in [9.17, 15) is 9.59 Å². The molecule has 1 atom stereocenters. The van der Waals surface area contributed by atoms with Crippen molar-refractivity contribution in [1.29, 1.82) is 0 Å². The minimum atomic E-state index is -0.472. The molecule has 5 nitrogen and oxygen atoms in total. The summed E-state index contributed by atoms with van der Waals surface area (Å²) in [6.45, 7) is 4.04. The molecule has 0 aliphatic carbocycles. The maximum atomic E-state index is 13.3. The lowest BCUT2D eigenvalue weighted by molar-refractivity contribution is -0.120. The Morgan fingerprint density at radius 3 is 2.39 bits per heavy atom. The Morgan fingerprint density at radius 2 is 1.67 bits per heavy atom. The van der Waals surface area contributed by atoms with E-state index >= 15 is 0 Å². The molecule has 3 aromatic carbocycles. The van der Waals surface area contributed by atoms with Gasteiger partial charge in [-0.1, -0.05) is 53.5 Å². The zero-order valence-corrected chi connectivity index (χ0v) is 21.8. The van der Waals surface area contributed by atoms with E-state index in [1.807, 2.05) is 24.3 Å². The van der Waals surface area contributed by atoms with Gasteiger partial charge in [0.25, 0.3) is 0 Å². The molecule has 0 spiro atoms. The van der Waals surface area contributed by atoms with E-state index in [0.717, 1.165) is 48.3 Å². The van der Waals surface area contributed by atoms with Gasteiger partial charge in [0.1, 0.15) is 0 Å². The number of hydrogen-bond acceptors (Lipinski definition) is 4. The van der Waals surface area contributed by atoms with Crippen LogP contribution in [0.4, 0.5) is 5.69 Å². The topological polar surface area (TPSA) is 58.6 Å². The van der Waals surface area contributed by atoms with Crippen molar-refractivity contribution >= 4 is 40.8 Å². The molecule has 1 amide bonds. The van der Waals surface area contributed by atoms with Crippen molar-refractivity contribution in [3.8, 4) is 0 Å². The van der Waals surface area contributed by atoms with Crippen molar-refractivity contribution in [3.05, 3.63) is 99.0 Å². The number of rotatable bonds is 8. The van der Waals surface area contributed by atoms with Gasteiger partial charge in [0.2, 0.25) is 5.91 Å². The maximum Gasteiger partial charge on any atom is 0.338 e. The Labute approximate surface area is 222 Å². The number of esters is 1. The molecular formula is C29H30Cl2N2O3. The number of anilines is 1. The summed E-state index contributed by atoms with van der Waals surface area (Å²) < 4.78 is 5.04. The molecule has 0 saturated carbocycles. The molecule has 1 N–H and O–H groups in total. The number of piperidine rings is 1. The molecule has 36 heavy (non-hydrogen) atoms. The lowest BCUT2D eigenvalue weighted by Crippen LogP contribution is -2.34. The molecule has 1 fully saturated rings. The Balaban J connectivity index is 1.62. The second-order valence-electron chi connectivity index (χ2n) is 8.87. The highest BCUT2D eigenvalue weighted by atomic mass is 35.5. The first-order valence-corrected chi connectivity index (χ1v) is 13.1. The van der Waals surface area contributed by atoms with Crippen LogP contribution in [0.2, 0.25) is 10.0 Å². The van der Waals surface area contributed by atoms with Crippen LogP contribution in [0.1, 0.15) is 59.3 Å². The highest BCUT2D eigenvalue weighted by molar-refractivity contribution is 6.33. The van der Waals surface area contributed by atoms with Gasteiger partial charge in [-0.25, -0.2) is 4.79 Å². The standard InChI is InChI=1S/C29H30Cl2N2O3/c1-2-36-29(35)21-12-10-20(11-13-21)18-27(34)32-28(24-19-22(30)14-15-25(24)31)23-8-4-5-9-26(23)33-16-6-3-7-17-33/h4-5,8-15,19,28H,2-3,6-7,16-18H2,1H3,(H,32,34). The van der Waals surface area contributed by atoms with Crippen molar-refractivity contribution in [3.63, 3.8) is 0 Å². The maximum absolute atomic E-state index is 13.3. The third-order valence-electron chi connectivity index (χ3n) is 6.35. The molecule has 0 radical (unpaired) electrons. The van der Waals surface area contributed by atoms with E-state index in [1.54, 1.807) is 43.3 Å². The van der Waals surface area contributed by atoms with E-state index in [1.165, 1.54) is 6.42 Å². The molecule has 0 aromatic heterocycles. The van der Waals surface area contributed by atoms with Crippen LogP contribution in [0.25, 0.3) is 0 Å². The monoisotopic (exact) mass is 524 g/mol. The van der Waals surface area contributed by atoms with Crippen LogP contribution in [0.3, 0.4) is 0 Å². The van der Waals surface area contributed by atoms with E-state index in [0.29, 0.717) is 22.2 Å². The Bertz CT molecular complexity index is 1210. The predicted octanol–water partition coefficient (Wildman–Crippen LogP) is 6.61. The SMILES string of the molecule is CCOC(=O)c1ccc(CC(=O)NC(c2cc(Cl)ccc2Cl)c2ccccc2N2CCCCC2)cc1. The lowest BCUT2D eigenvalue weighted by Gasteiger charge is -2.33. The Kier molecular flexibility index (Phi) is 8.89. The number of halogens is 2. The fourth-order valence-corrected chi connectivity index (χ4v) is 4.99. The quantitative estimate of drug-likeness (QED) is 0.337. The van der Waals surface area contributed by atoms with E-state index in [4.69, 9.17) is 27.9 Å². The second kappa shape index (κ2) is 12.3. The summed E-state index contributed by atoms with van der Waals surface area (Å²) in [5.74, 6) is -0.535. The van der Waals surface area contributed by atoms with Crippen LogP contribution in [-0.4, -0.2) is 31.6 Å². The number of nitrogens with zero attached hydrogens (tertiary/aromatic N) is 1. The molecule has 7 heteroatoms. The molecule has 1 unspecified atom stereocenters. The second-order valence-corrected chi connectivity index (χ2v) is 9.71. The smallest absolute Gasteiger partial charge is 0.338 e. The number of hydrogen-bond donors (Lipinski definition) is 1. The average molecular weight is 525 g/mol. The van der Waals surface area contributed by atoms with E-state index in [-0.39, 0.29) is 18.3 Å². The molecule has 1 heterocycles. The summed E-state index contributed by atoms with van der Waals surface area (Å²) in [5, 5.41) is 4.30. The van der Waals surface area contributed by atoms with Gasteiger partial charge in [0, 0.05) is 34.4 Å². The van der Waals surface area contributed by atoms with Crippen molar-refractivity contribution in [1.82, 2.24) is 5.32 Å². The minimum Gasteiger partial charge on any atom is -0.462 e. The zero-order chi connectivity index (χ0) is 25.5. The Hall–Kier alpha value is -3.02. The summed E-state index contributed by atoms with van der Waals surface area (Å²) in [4.78, 5) is 27.6. The first kappa shape index (κ1) is 26.1. The van der Waals surface area contributed by atoms with Crippen LogP contribution < -0.4 is 10.2 Å². The van der Waals surface area contributed by atoms with Crippen LogP contribution in [0, 0.1) is 0 Å². The number of carbonyl (C=O) groups is 2. The fraction of sp³-hybridized carbons (Fsp3) is 0.310. The average Bonchev–Trinajstić information content (AvgIpc) is 2.90. The number of amides is 1. The summed E-state index contributed by atoms with van der Waals surface area (Å²) >= 11 is 13.0. The molecule has 0 bridgehead atoms. The number of para-hydroxylation sites is 1. The largest absolute Gasteiger partial charge is 0.462 e. The Morgan fingerprint density at radius 1 is 0.944 bits per heavy atom. The molecule has 1 aliphatic rings. The van der Waals surface area contributed by atoms with Gasteiger partial charge >= 0.3 is 5.97 Å². The van der Waals surface area contributed by atoms with Crippen LogP contribution in [-0.2, 0) is 16.0 Å². The van der Waals surface area contributed by atoms with Crippen molar-refractivity contribution < 1.29 is 14.3 Å². The van der Waals surface area contributed by atoms with Crippen molar-refractivity contribution in [2.45, 2.75) is 38.6 Å². The number of ether oxygens (including phenoxy) is 1. The number of carbonyl (C=O) groups excluding carboxylic acids is 2. The van der Waals surface area contributed by atoms with Gasteiger partial charge in [0.05, 0.1) is 24.6 Å². The first-order chi connectivity index (χ1) is 17.5. The summed E-state index contributed by atoms with van der Waals surface area (Å²) in [6.07, 6.45) is 3.67. The van der Waals surface area contributed by atoms with Gasteiger partial charge in [-0.15, -0.1) is 0 Å². The van der Waals surface area contributed by atoms with E-state index in [2.05, 4.69) is 16.3 Å². The normalized spacial score (nSPS) is 14.2. The van der Waals surface area contributed by atoms with Crippen LogP contribution in [0.5, 0.6) is 0 Å². The van der Waals surface area contributed by atoms with Crippen LogP contribution >= 0.6 is 23.2 Å². The van der Waals surface area contributed by atoms with Gasteiger partial charge in [0.15, 0.2) is 0 Å². The summed E-state index contributed by atoms with van der Waals surface area (Å²) in [6, 6.07) is 19.9. The van der Waals surface area contributed by atoms with Gasteiger partial charge in [-0.2, -0.15) is 0 Å². The molecule has 4 rings (SSSR count). The van der Waals surface area contributed by atoms with Gasteiger partial charge in [-0.3, -0.25) is 4.79 Å². The number of nitrogens with one attached hydrogen (secondary N) is 1. The lowest BCUT2D eigenvalue weighted by atomic mass is 9.95. The highest BCUT2D eigenvalue weighted by Gasteiger charge is 2.25. The molecule has 1 saturated heterocycles. The summed E-state index contributed by atoms with van der Waals surface area (Å²) in [5.41, 5.74) is 4.08. The van der Waals surface area contributed by atoms with Gasteiger partial charge in [-0.05, 0) is 73.7 Å². The van der Waals surface area contributed by atoms with Crippen LogP contribution in [0.15, 0.2) is 66.7 Å².